The Bertz CT molecular complexity index is 1070. The predicted octanol–water partition coefficient (Wildman–Crippen LogP) is 3.04. The molecule has 1 unspecified atom stereocenters. The zero-order valence-electron chi connectivity index (χ0n) is 18.3. The number of carbonyl (C=O) groups excluding carboxylic acids is 1. The number of ether oxygens (including phenoxy) is 1. The van der Waals surface area contributed by atoms with Crippen molar-refractivity contribution in [3.8, 4) is 11.1 Å². The van der Waals surface area contributed by atoms with Crippen LogP contribution in [0.3, 0.4) is 0 Å². The van der Waals surface area contributed by atoms with Gasteiger partial charge in [0.2, 0.25) is 0 Å². The van der Waals surface area contributed by atoms with E-state index in [4.69, 9.17) is 9.26 Å². The summed E-state index contributed by atoms with van der Waals surface area (Å²) in [6, 6.07) is 16.7. The summed E-state index contributed by atoms with van der Waals surface area (Å²) in [5.74, 6) is -0.684. The number of fused-ring (bicyclic) bond motifs is 3. The quantitative estimate of drug-likeness (QED) is 0.442. The number of carbonyl (C=O) groups is 1. The number of hydrogen-bond donors (Lipinski definition) is 0. The molecule has 3 aromatic rings. The van der Waals surface area contributed by atoms with Crippen LogP contribution in [-0.4, -0.2) is 48.4 Å². The molecule has 6 heteroatoms. The number of benzene rings is 2. The maximum absolute atomic E-state index is 14.1. The lowest BCUT2D eigenvalue weighted by atomic mass is 9.91. The van der Waals surface area contributed by atoms with Crippen LogP contribution in [-0.2, 0) is 21.6 Å². The summed E-state index contributed by atoms with van der Waals surface area (Å²) in [7, 11) is 2.20. The Balaban J connectivity index is 1.30. The van der Waals surface area contributed by atoms with Crippen LogP contribution in [0.2, 0.25) is 0 Å². The molecule has 0 amide bonds. The second kappa shape index (κ2) is 8.19. The van der Waals surface area contributed by atoms with Gasteiger partial charge in [0.05, 0.1) is 25.8 Å². The third kappa shape index (κ3) is 3.63. The summed E-state index contributed by atoms with van der Waals surface area (Å²) in [4.78, 5) is 13.4. The second-order valence-electron chi connectivity index (χ2n) is 9.29. The van der Waals surface area contributed by atoms with Crippen molar-refractivity contribution in [1.82, 2.24) is 5.16 Å². The highest BCUT2D eigenvalue weighted by molar-refractivity contribution is 5.95. The van der Waals surface area contributed by atoms with Crippen molar-refractivity contribution in [3.05, 3.63) is 77.7 Å². The molecule has 0 spiro atoms. The summed E-state index contributed by atoms with van der Waals surface area (Å²) in [6.07, 6.45) is 4.96. The molecule has 0 N–H and O–H groups in total. The molecule has 1 aromatic heterocycles. The molecule has 2 aromatic carbocycles. The molecule has 5 rings (SSSR count). The molecule has 2 heterocycles. The first-order chi connectivity index (χ1) is 15.5. The van der Waals surface area contributed by atoms with Crippen molar-refractivity contribution in [2.45, 2.75) is 37.4 Å². The monoisotopic (exact) mass is 432 g/mol. The molecule has 2 aliphatic rings. The van der Waals surface area contributed by atoms with Gasteiger partial charge >= 0.3 is 5.97 Å². The van der Waals surface area contributed by atoms with Gasteiger partial charge < -0.3 is 18.8 Å². The minimum atomic E-state index is -2.01. The first-order valence-corrected chi connectivity index (χ1v) is 11.3. The summed E-state index contributed by atoms with van der Waals surface area (Å²) in [5, 5.41) is 18.1. The van der Waals surface area contributed by atoms with E-state index in [1.807, 2.05) is 42.5 Å². The molecule has 1 aliphatic heterocycles. The fourth-order valence-electron chi connectivity index (χ4n) is 5.33. The van der Waals surface area contributed by atoms with Gasteiger partial charge in [-0.1, -0.05) is 53.7 Å². The molecule has 1 fully saturated rings. The molecule has 0 radical (unpaired) electrons. The van der Waals surface area contributed by atoms with Gasteiger partial charge in [0.15, 0.2) is 6.10 Å². The number of aromatic nitrogens is 1. The number of hydrogen-bond acceptors (Lipinski definition) is 5. The maximum atomic E-state index is 14.1. The Morgan fingerprint density at radius 2 is 1.84 bits per heavy atom. The molecular formula is C26H28N2O4. The topological polar surface area (TPSA) is 75.4 Å². The van der Waals surface area contributed by atoms with Crippen LogP contribution < -0.4 is 5.11 Å². The highest BCUT2D eigenvalue weighted by Gasteiger charge is 2.43. The average Bonchev–Trinajstić information content (AvgIpc) is 3.40. The molecule has 6 nitrogen and oxygen atoms in total. The van der Waals surface area contributed by atoms with E-state index in [9.17, 15) is 9.90 Å². The van der Waals surface area contributed by atoms with Crippen LogP contribution in [0, 0.1) is 0 Å². The van der Waals surface area contributed by atoms with Gasteiger partial charge in [-0.3, -0.25) is 4.79 Å². The minimum Gasteiger partial charge on any atom is -0.834 e. The lowest BCUT2D eigenvalue weighted by Crippen LogP contribution is -2.56. The van der Waals surface area contributed by atoms with E-state index in [0.29, 0.717) is 11.1 Å². The smallest absolute Gasteiger partial charge is 0.304 e. The molecule has 166 valence electrons. The molecule has 1 aliphatic carbocycles. The van der Waals surface area contributed by atoms with Gasteiger partial charge in [-0.05, 0) is 35.1 Å². The van der Waals surface area contributed by atoms with Crippen molar-refractivity contribution >= 4 is 5.97 Å². The highest BCUT2D eigenvalue weighted by atomic mass is 16.6. The van der Waals surface area contributed by atoms with E-state index in [1.165, 1.54) is 0 Å². The van der Waals surface area contributed by atoms with E-state index in [2.05, 4.69) is 12.2 Å². The number of likely N-dealkylation sites (N-methyl/N-ethyl adjacent to an activating group) is 1. The zero-order chi connectivity index (χ0) is 22.2. The number of rotatable bonds is 6. The Labute approximate surface area is 188 Å². The largest absolute Gasteiger partial charge is 0.834 e. The van der Waals surface area contributed by atoms with E-state index in [0.717, 1.165) is 66.6 Å². The van der Waals surface area contributed by atoms with Crippen molar-refractivity contribution in [2.75, 3.05) is 26.7 Å². The Kier molecular flexibility index (Phi) is 5.35. The van der Waals surface area contributed by atoms with Crippen LogP contribution in [0.1, 0.15) is 36.1 Å². The summed E-state index contributed by atoms with van der Waals surface area (Å²) in [5.41, 5.74) is 1.59. The normalized spacial score (nSPS) is 23.4. The first kappa shape index (κ1) is 20.9. The third-order valence-corrected chi connectivity index (χ3v) is 6.95. The minimum absolute atomic E-state index is 0.251. The predicted molar refractivity (Wildman–Crippen MR) is 117 cm³/mol. The summed E-state index contributed by atoms with van der Waals surface area (Å²) < 4.78 is 11.7. The second-order valence-corrected chi connectivity index (χ2v) is 9.29. The number of esters is 1. The van der Waals surface area contributed by atoms with Gasteiger partial charge in [0.25, 0.3) is 0 Å². The van der Waals surface area contributed by atoms with Gasteiger partial charge in [0, 0.05) is 24.5 Å². The number of nitrogens with zero attached hydrogens (tertiary/aromatic N) is 2. The van der Waals surface area contributed by atoms with Crippen LogP contribution in [0.15, 0.2) is 65.4 Å². The van der Waals surface area contributed by atoms with E-state index < -0.39 is 11.6 Å². The summed E-state index contributed by atoms with van der Waals surface area (Å²) in [6.45, 7) is 2.74. The van der Waals surface area contributed by atoms with Crippen molar-refractivity contribution < 1.29 is 23.6 Å². The van der Waals surface area contributed by atoms with E-state index in [-0.39, 0.29) is 6.10 Å². The lowest BCUT2D eigenvalue weighted by Gasteiger charge is -2.43. The van der Waals surface area contributed by atoms with Gasteiger partial charge in [-0.15, -0.1) is 0 Å². The molecule has 0 bridgehead atoms. The fraction of sp³-hybridized carbons (Fsp3) is 0.385. The molecule has 1 saturated heterocycles. The Hall–Kier alpha value is -2.96. The molecule has 0 saturated carbocycles. The fourth-order valence-corrected chi connectivity index (χ4v) is 5.33. The van der Waals surface area contributed by atoms with E-state index >= 15 is 0 Å². The number of piperidine rings is 1. The van der Waals surface area contributed by atoms with Crippen molar-refractivity contribution in [1.29, 1.82) is 0 Å². The standard InChI is InChI=1S/C26H28N2O4/c1-28(15-6-8-19-14-17-31-27-19)16-7-9-20(18-28)32-25(29)26(30)23-12-4-2-10-21(23)22-11-3-5-13-24(22)26/h2-5,10-14,17,20H,6-9,15-16,18H2,1H3/t20?,28-/m1/s1. The Morgan fingerprint density at radius 1 is 1.16 bits per heavy atom. The van der Waals surface area contributed by atoms with Crippen LogP contribution >= 0.6 is 0 Å². The number of quaternary nitrogens is 1. The summed E-state index contributed by atoms with van der Waals surface area (Å²) >= 11 is 0. The first-order valence-electron chi connectivity index (χ1n) is 11.3. The number of likely N-dealkylation sites (tertiary alicyclic amines) is 1. The molecule has 2 atom stereocenters. The zero-order valence-corrected chi connectivity index (χ0v) is 18.3. The van der Waals surface area contributed by atoms with Crippen LogP contribution in [0.5, 0.6) is 0 Å². The van der Waals surface area contributed by atoms with Gasteiger partial charge in [-0.2, -0.15) is 0 Å². The molecule has 32 heavy (non-hydrogen) atoms. The number of aryl methyl sites for hydroxylation is 1. The van der Waals surface area contributed by atoms with Crippen molar-refractivity contribution in [3.63, 3.8) is 0 Å². The van der Waals surface area contributed by atoms with Gasteiger partial charge in [-0.25, -0.2) is 0 Å². The van der Waals surface area contributed by atoms with E-state index in [1.54, 1.807) is 18.4 Å². The van der Waals surface area contributed by atoms with Gasteiger partial charge in [0.1, 0.15) is 12.8 Å². The lowest BCUT2D eigenvalue weighted by molar-refractivity contribution is -0.917. The highest BCUT2D eigenvalue weighted by Crippen LogP contribution is 2.46. The maximum Gasteiger partial charge on any atom is 0.304 e. The molecular weight excluding hydrogens is 404 g/mol. The third-order valence-electron chi connectivity index (χ3n) is 6.95. The Morgan fingerprint density at radius 3 is 2.50 bits per heavy atom. The SMILES string of the molecule is C[N@@+]1(CCCc2ccon2)CCCC(OC(=O)C2([O-])c3ccccc3-c3ccccc32)C1. The van der Waals surface area contributed by atoms with Crippen LogP contribution in [0.25, 0.3) is 11.1 Å². The van der Waals surface area contributed by atoms with Crippen molar-refractivity contribution in [2.24, 2.45) is 0 Å². The van der Waals surface area contributed by atoms with Crippen LogP contribution in [0.4, 0.5) is 0 Å². The average molecular weight is 433 g/mol.